The summed E-state index contributed by atoms with van der Waals surface area (Å²) in [6.07, 6.45) is 0.212. The highest BCUT2D eigenvalue weighted by molar-refractivity contribution is 6.04. The van der Waals surface area contributed by atoms with Crippen molar-refractivity contribution in [3.63, 3.8) is 0 Å². The number of phenolic OH excluding ortho intramolecular Hbond substituents is 4. The predicted octanol–water partition coefficient (Wildman–Crippen LogP) is 2.25. The van der Waals surface area contributed by atoms with E-state index in [0.29, 0.717) is 11.1 Å². The molecule has 6 heteroatoms. The molecule has 0 bridgehead atoms. The second-order valence-corrected chi connectivity index (χ2v) is 5.63. The smallest absolute Gasteiger partial charge is 0.177 e. The normalized spacial score (nSPS) is 16.7. The number of hydrogen-bond donors (Lipinski definition) is 4. The molecule has 1 heterocycles. The van der Waals surface area contributed by atoms with Gasteiger partial charge in [-0.05, 0) is 25.0 Å². The average molecular weight is 316 g/mol. The Labute approximate surface area is 132 Å². The number of hydrogen-bond acceptors (Lipinski definition) is 6. The van der Waals surface area contributed by atoms with Gasteiger partial charge in [-0.1, -0.05) is 6.07 Å². The van der Waals surface area contributed by atoms with Crippen LogP contribution in [0.3, 0.4) is 0 Å². The highest BCUT2D eigenvalue weighted by atomic mass is 16.5. The summed E-state index contributed by atoms with van der Waals surface area (Å²) >= 11 is 0. The molecule has 0 aliphatic carbocycles. The molecule has 0 spiro atoms. The van der Waals surface area contributed by atoms with E-state index in [-0.39, 0.29) is 53.1 Å². The van der Waals surface area contributed by atoms with E-state index in [4.69, 9.17) is 4.74 Å². The first-order chi connectivity index (χ1) is 10.9. The summed E-state index contributed by atoms with van der Waals surface area (Å²) in [7, 11) is 0. The minimum Gasteiger partial charge on any atom is -0.508 e. The topological polar surface area (TPSA) is 107 Å². The molecule has 0 saturated carbocycles. The fourth-order valence-electron chi connectivity index (χ4n) is 2.75. The summed E-state index contributed by atoms with van der Waals surface area (Å²) in [5.41, 5.74) is 0.954. The summed E-state index contributed by atoms with van der Waals surface area (Å²) < 4.78 is 5.56. The first-order valence-electron chi connectivity index (χ1n) is 7.12. The molecule has 120 valence electrons. The molecule has 0 amide bonds. The lowest BCUT2D eigenvalue weighted by atomic mass is 9.88. The van der Waals surface area contributed by atoms with Crippen molar-refractivity contribution in [2.75, 3.05) is 6.61 Å². The molecule has 3 rings (SSSR count). The first-order valence-corrected chi connectivity index (χ1v) is 7.12. The van der Waals surface area contributed by atoms with E-state index in [0.717, 1.165) is 6.07 Å². The zero-order valence-corrected chi connectivity index (χ0v) is 12.4. The van der Waals surface area contributed by atoms with Crippen molar-refractivity contribution >= 4 is 5.78 Å². The van der Waals surface area contributed by atoms with Crippen molar-refractivity contribution in [3.8, 4) is 28.7 Å². The standard InChI is InChI=1S/C17H16O6/c1-8-12(19)6-14(21)15-16(22)10(7-23-17(8)15)4-9-2-3-11(18)5-13(9)20/h2-3,5-6,10,18-21H,4,7H2,1H3/t10-/m1/s1. The Bertz CT molecular complexity index is 796. The molecule has 1 aliphatic heterocycles. The minimum atomic E-state index is -0.576. The number of carbonyl (C=O) groups excluding carboxylic acids is 1. The summed E-state index contributed by atoms with van der Waals surface area (Å²) in [6, 6.07) is 5.29. The Morgan fingerprint density at radius 1 is 1.09 bits per heavy atom. The number of carbonyl (C=O) groups is 1. The number of rotatable bonds is 2. The zero-order chi connectivity index (χ0) is 16.7. The third-order valence-corrected chi connectivity index (χ3v) is 4.06. The van der Waals surface area contributed by atoms with E-state index in [2.05, 4.69) is 0 Å². The maximum Gasteiger partial charge on any atom is 0.177 e. The zero-order valence-electron chi connectivity index (χ0n) is 12.4. The molecule has 0 radical (unpaired) electrons. The van der Waals surface area contributed by atoms with Crippen LogP contribution >= 0.6 is 0 Å². The SMILES string of the molecule is Cc1c(O)cc(O)c2c1OC[C@@H](Cc1ccc(O)cc1O)C2=O. The molecule has 0 fully saturated rings. The molecule has 4 N–H and O–H groups in total. The summed E-state index contributed by atoms with van der Waals surface area (Å²) in [6.45, 7) is 1.68. The van der Waals surface area contributed by atoms with Gasteiger partial charge >= 0.3 is 0 Å². The molecular weight excluding hydrogens is 300 g/mol. The van der Waals surface area contributed by atoms with Crippen molar-refractivity contribution in [2.45, 2.75) is 13.3 Å². The van der Waals surface area contributed by atoms with Gasteiger partial charge in [0.1, 0.15) is 34.3 Å². The van der Waals surface area contributed by atoms with Gasteiger partial charge in [-0.2, -0.15) is 0 Å². The maximum absolute atomic E-state index is 12.6. The Hall–Kier alpha value is -2.89. The van der Waals surface area contributed by atoms with Gasteiger partial charge in [-0.3, -0.25) is 4.79 Å². The van der Waals surface area contributed by atoms with Crippen molar-refractivity contribution in [1.82, 2.24) is 0 Å². The van der Waals surface area contributed by atoms with Gasteiger partial charge in [0.25, 0.3) is 0 Å². The highest BCUT2D eigenvalue weighted by Gasteiger charge is 2.34. The van der Waals surface area contributed by atoms with Crippen LogP contribution in [0.15, 0.2) is 24.3 Å². The molecule has 1 atom stereocenters. The van der Waals surface area contributed by atoms with Gasteiger partial charge in [0.2, 0.25) is 0 Å². The second-order valence-electron chi connectivity index (χ2n) is 5.63. The number of fused-ring (bicyclic) bond motifs is 1. The fraction of sp³-hybridized carbons (Fsp3) is 0.235. The monoisotopic (exact) mass is 316 g/mol. The molecule has 1 aliphatic rings. The van der Waals surface area contributed by atoms with Crippen molar-refractivity contribution in [3.05, 3.63) is 41.0 Å². The molecular formula is C17H16O6. The number of phenols is 4. The van der Waals surface area contributed by atoms with Gasteiger partial charge in [0.15, 0.2) is 5.78 Å². The number of ether oxygens (including phenoxy) is 1. The van der Waals surface area contributed by atoms with Crippen LogP contribution < -0.4 is 4.74 Å². The van der Waals surface area contributed by atoms with Crippen LogP contribution in [0.1, 0.15) is 21.5 Å². The summed E-state index contributed by atoms with van der Waals surface area (Å²) in [5.74, 6) is -1.32. The Balaban J connectivity index is 1.94. The largest absolute Gasteiger partial charge is 0.508 e. The van der Waals surface area contributed by atoms with Crippen LogP contribution in [0.2, 0.25) is 0 Å². The maximum atomic E-state index is 12.6. The molecule has 0 saturated heterocycles. The molecule has 0 aromatic heterocycles. The molecule has 0 unspecified atom stereocenters. The van der Waals surface area contributed by atoms with Gasteiger partial charge in [-0.25, -0.2) is 0 Å². The van der Waals surface area contributed by atoms with E-state index in [9.17, 15) is 25.2 Å². The number of Topliss-reactive ketones (excluding diaryl/α,β-unsaturated/α-hetero) is 1. The molecule has 2 aromatic rings. The lowest BCUT2D eigenvalue weighted by Gasteiger charge is -2.26. The van der Waals surface area contributed by atoms with Crippen LogP contribution in [0, 0.1) is 12.8 Å². The third kappa shape index (κ3) is 2.52. The van der Waals surface area contributed by atoms with E-state index in [1.807, 2.05) is 0 Å². The minimum absolute atomic E-state index is 0.0508. The second kappa shape index (κ2) is 5.39. The average Bonchev–Trinajstić information content (AvgIpc) is 2.49. The van der Waals surface area contributed by atoms with Crippen LogP contribution in [0.25, 0.3) is 0 Å². The lowest BCUT2D eigenvalue weighted by molar-refractivity contribution is 0.0824. The van der Waals surface area contributed by atoms with E-state index in [1.54, 1.807) is 6.92 Å². The Morgan fingerprint density at radius 2 is 1.83 bits per heavy atom. The van der Waals surface area contributed by atoms with Crippen molar-refractivity contribution < 1.29 is 30.0 Å². The molecule has 2 aromatic carbocycles. The summed E-state index contributed by atoms with van der Waals surface area (Å²) in [4.78, 5) is 12.6. The summed E-state index contributed by atoms with van der Waals surface area (Å²) in [5, 5.41) is 38.8. The van der Waals surface area contributed by atoms with Crippen molar-refractivity contribution in [2.24, 2.45) is 5.92 Å². The van der Waals surface area contributed by atoms with Crippen LogP contribution in [-0.2, 0) is 6.42 Å². The number of ketones is 1. The van der Waals surface area contributed by atoms with Crippen LogP contribution in [0.4, 0.5) is 0 Å². The highest BCUT2D eigenvalue weighted by Crippen LogP contribution is 2.42. The van der Waals surface area contributed by atoms with E-state index < -0.39 is 5.92 Å². The Kier molecular flexibility index (Phi) is 3.52. The third-order valence-electron chi connectivity index (χ3n) is 4.06. The number of benzene rings is 2. The van der Waals surface area contributed by atoms with Crippen LogP contribution in [-0.4, -0.2) is 32.8 Å². The van der Waals surface area contributed by atoms with Gasteiger partial charge < -0.3 is 25.2 Å². The van der Waals surface area contributed by atoms with Crippen molar-refractivity contribution in [1.29, 1.82) is 0 Å². The molecule has 6 nitrogen and oxygen atoms in total. The first kappa shape index (κ1) is 15.0. The Morgan fingerprint density at radius 3 is 2.52 bits per heavy atom. The van der Waals surface area contributed by atoms with E-state index in [1.165, 1.54) is 18.2 Å². The lowest BCUT2D eigenvalue weighted by Crippen LogP contribution is -2.30. The van der Waals surface area contributed by atoms with Gasteiger partial charge in [-0.15, -0.1) is 0 Å². The quantitative estimate of drug-likeness (QED) is 0.677. The van der Waals surface area contributed by atoms with Gasteiger partial charge in [0.05, 0.1) is 12.5 Å². The number of aromatic hydroxyl groups is 4. The van der Waals surface area contributed by atoms with Gasteiger partial charge in [0, 0.05) is 17.7 Å². The van der Waals surface area contributed by atoms with E-state index >= 15 is 0 Å². The van der Waals surface area contributed by atoms with Crippen LogP contribution in [0.5, 0.6) is 28.7 Å². The molecule has 23 heavy (non-hydrogen) atoms. The fourth-order valence-corrected chi connectivity index (χ4v) is 2.75. The predicted molar refractivity (Wildman–Crippen MR) is 81.3 cm³/mol.